The Balaban J connectivity index is 1.88. The van der Waals surface area contributed by atoms with Gasteiger partial charge in [0.15, 0.2) is 0 Å². The van der Waals surface area contributed by atoms with Gasteiger partial charge in [-0.1, -0.05) is 24.6 Å². The minimum absolute atomic E-state index is 0.0615. The standard InChI is InChI=1S/C21H25ClN4O2/c1-13-7-16(24-20(27)28-21(2,3)4)12-26(11-13)19-17-8-14(10-23)5-6-15(17)9-18(22)25-19/h5-6,8-9,13,16H,7,11-12H2,1-4H3,(H,24,27)/t13-,16+/m0/s1. The van der Waals surface area contributed by atoms with Crippen LogP contribution >= 0.6 is 11.6 Å². The van der Waals surface area contributed by atoms with Gasteiger partial charge < -0.3 is 15.0 Å². The van der Waals surface area contributed by atoms with Crippen LogP contribution < -0.4 is 10.2 Å². The van der Waals surface area contributed by atoms with Gasteiger partial charge in [0, 0.05) is 18.5 Å². The van der Waals surface area contributed by atoms with Crippen LogP contribution in [0.5, 0.6) is 0 Å². The molecule has 1 aliphatic heterocycles. The van der Waals surface area contributed by atoms with E-state index >= 15 is 0 Å². The van der Waals surface area contributed by atoms with Crippen LogP contribution in [-0.4, -0.2) is 35.8 Å². The van der Waals surface area contributed by atoms with Gasteiger partial charge in [0.1, 0.15) is 16.6 Å². The van der Waals surface area contributed by atoms with Crippen LogP contribution in [0, 0.1) is 17.2 Å². The molecule has 0 aliphatic carbocycles. The highest BCUT2D eigenvalue weighted by Crippen LogP contribution is 2.31. The minimum Gasteiger partial charge on any atom is -0.444 e. The van der Waals surface area contributed by atoms with Crippen molar-refractivity contribution in [2.24, 2.45) is 5.92 Å². The van der Waals surface area contributed by atoms with E-state index in [1.807, 2.05) is 32.9 Å². The molecule has 6 nitrogen and oxygen atoms in total. The molecule has 2 atom stereocenters. The Morgan fingerprint density at radius 1 is 1.36 bits per heavy atom. The lowest BCUT2D eigenvalue weighted by molar-refractivity contribution is 0.0495. The van der Waals surface area contributed by atoms with Crippen LogP contribution in [0.2, 0.25) is 5.15 Å². The number of hydrogen-bond donors (Lipinski definition) is 1. The van der Waals surface area contributed by atoms with Crippen LogP contribution in [0.1, 0.15) is 39.7 Å². The molecule has 148 valence electrons. The number of aromatic nitrogens is 1. The molecule has 7 heteroatoms. The Labute approximate surface area is 170 Å². The minimum atomic E-state index is -0.539. The molecule has 3 rings (SSSR count). The lowest BCUT2D eigenvalue weighted by atomic mass is 9.95. The van der Waals surface area contributed by atoms with Gasteiger partial charge in [0.2, 0.25) is 0 Å². The molecule has 0 spiro atoms. The molecule has 1 aromatic carbocycles. The van der Waals surface area contributed by atoms with E-state index in [1.165, 1.54) is 0 Å². The average molecular weight is 401 g/mol. The first-order chi connectivity index (χ1) is 13.1. The molecule has 0 radical (unpaired) electrons. The molecule has 1 amide bonds. The number of pyridine rings is 1. The number of amides is 1. The number of hydrogen-bond acceptors (Lipinski definition) is 5. The van der Waals surface area contributed by atoms with Gasteiger partial charge in [-0.05, 0) is 56.7 Å². The summed E-state index contributed by atoms with van der Waals surface area (Å²) in [4.78, 5) is 18.9. The monoisotopic (exact) mass is 400 g/mol. The SMILES string of the molecule is C[C@H]1C[C@@H](NC(=O)OC(C)(C)C)CN(c2nc(Cl)cc3ccc(C#N)cc23)C1. The van der Waals surface area contributed by atoms with Crippen molar-refractivity contribution in [2.75, 3.05) is 18.0 Å². The number of alkyl carbamates (subject to hydrolysis) is 1. The number of anilines is 1. The Morgan fingerprint density at radius 2 is 2.11 bits per heavy atom. The molecular weight excluding hydrogens is 376 g/mol. The van der Waals surface area contributed by atoms with E-state index in [0.29, 0.717) is 23.2 Å². The summed E-state index contributed by atoms with van der Waals surface area (Å²) in [5.41, 5.74) is 0.0361. The lowest BCUT2D eigenvalue weighted by Crippen LogP contribution is -2.51. The fraction of sp³-hybridized carbons (Fsp3) is 0.476. The predicted molar refractivity (Wildman–Crippen MR) is 111 cm³/mol. The van der Waals surface area contributed by atoms with Crippen LogP contribution in [-0.2, 0) is 4.74 Å². The van der Waals surface area contributed by atoms with Crippen molar-refractivity contribution in [1.82, 2.24) is 10.3 Å². The van der Waals surface area contributed by atoms with Crippen molar-refractivity contribution >= 4 is 34.3 Å². The van der Waals surface area contributed by atoms with Gasteiger partial charge in [-0.2, -0.15) is 5.26 Å². The molecule has 0 bridgehead atoms. The second-order valence-electron chi connectivity index (χ2n) is 8.41. The Bertz CT molecular complexity index is 932. The van der Waals surface area contributed by atoms with E-state index in [-0.39, 0.29) is 6.04 Å². The summed E-state index contributed by atoms with van der Waals surface area (Å²) in [5, 5.41) is 14.5. The topological polar surface area (TPSA) is 78.2 Å². The highest BCUT2D eigenvalue weighted by molar-refractivity contribution is 6.30. The largest absolute Gasteiger partial charge is 0.444 e. The molecule has 0 unspecified atom stereocenters. The number of nitriles is 1. The number of ether oxygens (including phenoxy) is 1. The van der Waals surface area contributed by atoms with Crippen LogP contribution in [0.4, 0.5) is 10.6 Å². The number of halogens is 1. The van der Waals surface area contributed by atoms with Gasteiger partial charge in [0.25, 0.3) is 0 Å². The number of nitrogens with zero attached hydrogens (tertiary/aromatic N) is 3. The maximum absolute atomic E-state index is 12.2. The van der Waals surface area contributed by atoms with E-state index in [9.17, 15) is 10.1 Å². The number of carbonyl (C=O) groups is 1. The average Bonchev–Trinajstić information content (AvgIpc) is 2.58. The highest BCUT2D eigenvalue weighted by Gasteiger charge is 2.29. The first-order valence-corrected chi connectivity index (χ1v) is 9.77. The fourth-order valence-electron chi connectivity index (χ4n) is 3.61. The van der Waals surface area contributed by atoms with Crippen LogP contribution in [0.3, 0.4) is 0 Å². The molecule has 1 fully saturated rings. The van der Waals surface area contributed by atoms with Gasteiger partial charge in [-0.25, -0.2) is 9.78 Å². The smallest absolute Gasteiger partial charge is 0.407 e. The number of nitrogens with one attached hydrogen (secondary N) is 1. The van der Waals surface area contributed by atoms with E-state index in [4.69, 9.17) is 16.3 Å². The Hall–Kier alpha value is -2.52. The third kappa shape index (κ3) is 4.85. The van der Waals surface area contributed by atoms with Crippen molar-refractivity contribution in [3.63, 3.8) is 0 Å². The van der Waals surface area contributed by atoms with Crippen LogP contribution in [0.25, 0.3) is 10.8 Å². The van der Waals surface area contributed by atoms with E-state index in [2.05, 4.69) is 28.2 Å². The zero-order valence-corrected chi connectivity index (χ0v) is 17.4. The summed E-state index contributed by atoms with van der Waals surface area (Å²) in [5.74, 6) is 1.09. The molecule has 2 heterocycles. The Kier molecular flexibility index (Phi) is 5.66. The zero-order chi connectivity index (χ0) is 20.5. The van der Waals surface area contributed by atoms with E-state index in [1.54, 1.807) is 12.1 Å². The molecular formula is C21H25ClN4O2. The number of benzene rings is 1. The molecule has 0 saturated carbocycles. The maximum atomic E-state index is 12.2. The summed E-state index contributed by atoms with van der Waals surface area (Å²) >= 11 is 6.25. The van der Waals surface area contributed by atoms with E-state index < -0.39 is 11.7 Å². The summed E-state index contributed by atoms with van der Waals surface area (Å²) in [6.45, 7) is 9.07. The van der Waals surface area contributed by atoms with Gasteiger partial charge in [-0.15, -0.1) is 0 Å². The number of carbonyl (C=O) groups excluding carboxylic acids is 1. The molecule has 28 heavy (non-hydrogen) atoms. The summed E-state index contributed by atoms with van der Waals surface area (Å²) in [6, 6.07) is 9.40. The van der Waals surface area contributed by atoms with Crippen molar-refractivity contribution < 1.29 is 9.53 Å². The van der Waals surface area contributed by atoms with Crippen LogP contribution in [0.15, 0.2) is 24.3 Å². The van der Waals surface area contributed by atoms with Crippen molar-refractivity contribution in [1.29, 1.82) is 5.26 Å². The molecule has 2 aromatic rings. The molecule has 1 aromatic heterocycles. The summed E-state index contributed by atoms with van der Waals surface area (Å²) < 4.78 is 5.39. The first-order valence-electron chi connectivity index (χ1n) is 9.39. The summed E-state index contributed by atoms with van der Waals surface area (Å²) in [7, 11) is 0. The number of fused-ring (bicyclic) bond motifs is 1. The van der Waals surface area contributed by atoms with E-state index in [0.717, 1.165) is 29.6 Å². The first kappa shape index (κ1) is 20.2. The quantitative estimate of drug-likeness (QED) is 0.751. The van der Waals surface area contributed by atoms with Gasteiger partial charge in [-0.3, -0.25) is 0 Å². The maximum Gasteiger partial charge on any atom is 0.407 e. The molecule has 1 N–H and O–H groups in total. The highest BCUT2D eigenvalue weighted by atomic mass is 35.5. The number of rotatable bonds is 2. The third-order valence-electron chi connectivity index (χ3n) is 4.59. The number of piperidine rings is 1. The third-order valence-corrected chi connectivity index (χ3v) is 4.78. The van der Waals surface area contributed by atoms with Crippen molar-refractivity contribution in [3.05, 3.63) is 35.0 Å². The van der Waals surface area contributed by atoms with Gasteiger partial charge >= 0.3 is 6.09 Å². The Morgan fingerprint density at radius 3 is 2.79 bits per heavy atom. The molecule has 1 saturated heterocycles. The van der Waals surface area contributed by atoms with Gasteiger partial charge in [0.05, 0.1) is 17.7 Å². The van der Waals surface area contributed by atoms with Crippen molar-refractivity contribution in [3.8, 4) is 6.07 Å². The second-order valence-corrected chi connectivity index (χ2v) is 8.79. The fourth-order valence-corrected chi connectivity index (χ4v) is 3.81. The summed E-state index contributed by atoms with van der Waals surface area (Å²) in [6.07, 6.45) is 0.444. The van der Waals surface area contributed by atoms with Crippen molar-refractivity contribution in [2.45, 2.75) is 45.8 Å². The second kappa shape index (κ2) is 7.84. The predicted octanol–water partition coefficient (Wildman–Crippen LogP) is 4.50. The zero-order valence-electron chi connectivity index (χ0n) is 16.6. The molecule has 1 aliphatic rings. The lowest BCUT2D eigenvalue weighted by Gasteiger charge is -2.38. The normalized spacial score (nSPS) is 19.9.